The first-order valence-electron chi connectivity index (χ1n) is 5.47. The Bertz CT molecular complexity index is 509. The van der Waals surface area contributed by atoms with Gasteiger partial charge < -0.3 is 15.6 Å². The maximum atomic E-state index is 11.7. The highest BCUT2D eigenvalue weighted by Gasteiger charge is 2.10. The summed E-state index contributed by atoms with van der Waals surface area (Å²) in [6, 6.07) is 6.94. The van der Waals surface area contributed by atoms with Gasteiger partial charge in [0.05, 0.1) is 6.04 Å². The van der Waals surface area contributed by atoms with Crippen LogP contribution in [0.2, 0.25) is 0 Å². The Morgan fingerprint density at radius 2 is 2.11 bits per heavy atom. The van der Waals surface area contributed by atoms with Crippen LogP contribution in [0.25, 0.3) is 0 Å². The van der Waals surface area contributed by atoms with Gasteiger partial charge in [-0.05, 0) is 31.2 Å². The molecule has 5 nitrogen and oxygen atoms in total. The van der Waals surface area contributed by atoms with E-state index >= 15 is 0 Å². The Morgan fingerprint density at radius 1 is 1.39 bits per heavy atom. The van der Waals surface area contributed by atoms with Gasteiger partial charge in [0, 0.05) is 22.6 Å². The first kappa shape index (κ1) is 12.6. The number of carbonyl (C=O) groups excluding carboxylic acids is 1. The van der Waals surface area contributed by atoms with Crippen LogP contribution in [-0.4, -0.2) is 16.0 Å². The molecule has 2 amide bonds. The molecule has 94 valence electrons. The average Bonchev–Trinajstić information content (AvgIpc) is 2.85. The molecular weight excluding hydrogens is 296 g/mol. The van der Waals surface area contributed by atoms with Crippen molar-refractivity contribution in [1.82, 2.24) is 15.3 Å². The van der Waals surface area contributed by atoms with Gasteiger partial charge in [-0.2, -0.15) is 0 Å². The van der Waals surface area contributed by atoms with E-state index < -0.39 is 0 Å². The van der Waals surface area contributed by atoms with Crippen LogP contribution in [0.5, 0.6) is 0 Å². The highest BCUT2D eigenvalue weighted by molar-refractivity contribution is 9.10. The lowest BCUT2D eigenvalue weighted by Gasteiger charge is -2.12. The third kappa shape index (κ3) is 3.33. The van der Waals surface area contributed by atoms with Crippen LogP contribution < -0.4 is 10.6 Å². The third-order valence-corrected chi connectivity index (χ3v) is 2.91. The lowest BCUT2D eigenvalue weighted by Crippen LogP contribution is -2.31. The SMILES string of the molecule is C[C@@H](NC(=O)Nc1ccc(Br)cc1)c1ncc[nH]1. The number of aromatic amines is 1. The Kier molecular flexibility index (Phi) is 3.99. The summed E-state index contributed by atoms with van der Waals surface area (Å²) in [7, 11) is 0. The van der Waals surface area contributed by atoms with Crippen molar-refractivity contribution in [2.45, 2.75) is 13.0 Å². The van der Waals surface area contributed by atoms with E-state index in [-0.39, 0.29) is 12.1 Å². The van der Waals surface area contributed by atoms with E-state index in [4.69, 9.17) is 0 Å². The normalized spacial score (nSPS) is 11.9. The minimum absolute atomic E-state index is 0.171. The maximum Gasteiger partial charge on any atom is 0.319 e. The summed E-state index contributed by atoms with van der Waals surface area (Å²) >= 11 is 3.34. The van der Waals surface area contributed by atoms with Crippen LogP contribution in [0.15, 0.2) is 41.1 Å². The molecule has 2 rings (SSSR count). The van der Waals surface area contributed by atoms with Gasteiger partial charge in [-0.1, -0.05) is 15.9 Å². The standard InChI is InChI=1S/C12H13BrN4O/c1-8(11-14-6-7-15-11)16-12(18)17-10-4-2-9(13)3-5-10/h2-8H,1H3,(H,14,15)(H2,16,17,18)/t8-/m1/s1. The summed E-state index contributed by atoms with van der Waals surface area (Å²) in [5.74, 6) is 0.723. The zero-order valence-corrected chi connectivity index (χ0v) is 11.4. The number of benzene rings is 1. The summed E-state index contributed by atoms with van der Waals surface area (Å²) in [6.45, 7) is 1.86. The predicted molar refractivity (Wildman–Crippen MR) is 73.3 cm³/mol. The molecule has 0 aliphatic carbocycles. The topological polar surface area (TPSA) is 69.8 Å². The molecule has 1 aromatic heterocycles. The zero-order chi connectivity index (χ0) is 13.0. The first-order valence-corrected chi connectivity index (χ1v) is 6.27. The van der Waals surface area contributed by atoms with Gasteiger partial charge in [0.25, 0.3) is 0 Å². The quantitative estimate of drug-likeness (QED) is 0.815. The van der Waals surface area contributed by atoms with E-state index in [9.17, 15) is 4.79 Å². The van der Waals surface area contributed by atoms with E-state index in [1.165, 1.54) is 0 Å². The Balaban J connectivity index is 1.91. The molecule has 1 atom stereocenters. The second kappa shape index (κ2) is 5.68. The van der Waals surface area contributed by atoms with Crippen LogP contribution in [0.1, 0.15) is 18.8 Å². The van der Waals surface area contributed by atoms with Crippen molar-refractivity contribution < 1.29 is 4.79 Å². The Labute approximate surface area is 113 Å². The third-order valence-electron chi connectivity index (χ3n) is 2.38. The van der Waals surface area contributed by atoms with E-state index in [1.54, 1.807) is 12.4 Å². The van der Waals surface area contributed by atoms with E-state index in [0.717, 1.165) is 16.0 Å². The number of halogens is 1. The number of hydrogen-bond donors (Lipinski definition) is 3. The lowest BCUT2D eigenvalue weighted by atomic mass is 10.3. The van der Waals surface area contributed by atoms with Gasteiger partial charge in [-0.15, -0.1) is 0 Å². The first-order chi connectivity index (χ1) is 8.65. The highest BCUT2D eigenvalue weighted by Crippen LogP contribution is 2.14. The molecule has 0 aliphatic heterocycles. The van der Waals surface area contributed by atoms with Crippen LogP contribution in [0.4, 0.5) is 10.5 Å². The second-order valence-electron chi connectivity index (χ2n) is 3.80. The van der Waals surface area contributed by atoms with Crippen molar-refractivity contribution in [3.63, 3.8) is 0 Å². The smallest absolute Gasteiger partial charge is 0.319 e. The minimum atomic E-state index is -0.263. The molecule has 0 saturated carbocycles. The number of rotatable bonds is 3. The van der Waals surface area contributed by atoms with Gasteiger partial charge in [0.15, 0.2) is 0 Å². The van der Waals surface area contributed by atoms with Crippen molar-refractivity contribution in [3.05, 3.63) is 47.0 Å². The summed E-state index contributed by atoms with van der Waals surface area (Å²) < 4.78 is 0.970. The molecular formula is C12H13BrN4O. The maximum absolute atomic E-state index is 11.7. The Morgan fingerprint density at radius 3 is 2.72 bits per heavy atom. The van der Waals surface area contributed by atoms with Crippen LogP contribution in [0.3, 0.4) is 0 Å². The lowest BCUT2D eigenvalue weighted by molar-refractivity contribution is 0.249. The molecule has 1 heterocycles. The van der Waals surface area contributed by atoms with Crippen molar-refractivity contribution in [3.8, 4) is 0 Å². The van der Waals surface area contributed by atoms with Gasteiger partial charge in [0.2, 0.25) is 0 Å². The number of amides is 2. The number of carbonyl (C=O) groups is 1. The Hall–Kier alpha value is -1.82. The van der Waals surface area contributed by atoms with Crippen molar-refractivity contribution in [2.75, 3.05) is 5.32 Å². The number of nitrogens with one attached hydrogen (secondary N) is 3. The van der Waals surface area contributed by atoms with Crippen LogP contribution in [-0.2, 0) is 0 Å². The molecule has 0 fully saturated rings. The molecule has 2 aromatic rings. The van der Waals surface area contributed by atoms with Crippen LogP contribution in [0, 0.1) is 0 Å². The molecule has 0 bridgehead atoms. The average molecular weight is 309 g/mol. The van der Waals surface area contributed by atoms with Crippen LogP contribution >= 0.6 is 15.9 Å². The zero-order valence-electron chi connectivity index (χ0n) is 9.77. The number of nitrogens with zero attached hydrogens (tertiary/aromatic N) is 1. The summed E-state index contributed by atoms with van der Waals surface area (Å²) in [6.07, 6.45) is 3.38. The van der Waals surface area contributed by atoms with Gasteiger partial charge >= 0.3 is 6.03 Å². The summed E-state index contributed by atoms with van der Waals surface area (Å²) in [5, 5.41) is 5.54. The molecule has 0 aliphatic rings. The number of anilines is 1. The number of H-pyrrole nitrogens is 1. The van der Waals surface area contributed by atoms with E-state index in [1.807, 2.05) is 31.2 Å². The number of hydrogen-bond acceptors (Lipinski definition) is 2. The van der Waals surface area contributed by atoms with Gasteiger partial charge in [-0.3, -0.25) is 0 Å². The predicted octanol–water partition coefficient (Wildman–Crippen LogP) is 3.05. The van der Waals surface area contributed by atoms with Gasteiger partial charge in [0.1, 0.15) is 5.82 Å². The molecule has 1 aromatic carbocycles. The number of urea groups is 1. The molecule has 0 radical (unpaired) electrons. The largest absolute Gasteiger partial charge is 0.347 e. The number of aromatic nitrogens is 2. The molecule has 6 heteroatoms. The van der Waals surface area contributed by atoms with E-state index in [2.05, 4.69) is 36.5 Å². The van der Waals surface area contributed by atoms with Crippen molar-refractivity contribution in [1.29, 1.82) is 0 Å². The summed E-state index contributed by atoms with van der Waals surface area (Å²) in [4.78, 5) is 18.8. The molecule has 0 saturated heterocycles. The fraction of sp³-hybridized carbons (Fsp3) is 0.167. The molecule has 0 spiro atoms. The highest BCUT2D eigenvalue weighted by atomic mass is 79.9. The minimum Gasteiger partial charge on any atom is -0.347 e. The number of imidazole rings is 1. The molecule has 0 unspecified atom stereocenters. The van der Waals surface area contributed by atoms with Crippen molar-refractivity contribution >= 4 is 27.6 Å². The van der Waals surface area contributed by atoms with E-state index in [0.29, 0.717) is 0 Å². The molecule has 18 heavy (non-hydrogen) atoms. The van der Waals surface area contributed by atoms with Crippen molar-refractivity contribution in [2.24, 2.45) is 0 Å². The van der Waals surface area contributed by atoms with Gasteiger partial charge in [-0.25, -0.2) is 9.78 Å². The molecule has 3 N–H and O–H groups in total. The monoisotopic (exact) mass is 308 g/mol. The fourth-order valence-electron chi connectivity index (χ4n) is 1.48. The fourth-order valence-corrected chi connectivity index (χ4v) is 1.74. The second-order valence-corrected chi connectivity index (χ2v) is 4.72. The summed E-state index contributed by atoms with van der Waals surface area (Å²) in [5.41, 5.74) is 0.738.